The van der Waals surface area contributed by atoms with Crippen molar-refractivity contribution in [3.63, 3.8) is 0 Å². The molecule has 0 aliphatic carbocycles. The first-order valence-corrected chi connectivity index (χ1v) is 6.71. The number of likely N-dealkylation sites (N-methyl/N-ethyl adjacent to an activating group) is 1. The number of nitrogens with zero attached hydrogens (tertiary/aromatic N) is 1. The normalized spacial score (nSPS) is 12.2. The van der Waals surface area contributed by atoms with Gasteiger partial charge in [-0.2, -0.15) is 0 Å². The van der Waals surface area contributed by atoms with E-state index >= 15 is 0 Å². The highest BCUT2D eigenvalue weighted by atomic mass is 35.5. The minimum atomic E-state index is -0.887. The van der Waals surface area contributed by atoms with Crippen LogP contribution in [0.15, 0.2) is 18.2 Å². The lowest BCUT2D eigenvalue weighted by Gasteiger charge is -2.18. The summed E-state index contributed by atoms with van der Waals surface area (Å²) in [4.78, 5) is 24.2. The molecule has 1 aromatic rings. The largest absolute Gasteiger partial charge is 0.481 e. The minimum absolute atomic E-state index is 0.0951. The number of hydrogen-bond acceptors (Lipinski definition) is 3. The van der Waals surface area contributed by atoms with Gasteiger partial charge in [0.2, 0.25) is 5.91 Å². The number of carbonyl (C=O) groups is 2. The Morgan fingerprint density at radius 3 is 2.55 bits per heavy atom. The van der Waals surface area contributed by atoms with Crippen LogP contribution in [0.2, 0.25) is 10.0 Å². The Bertz CT molecular complexity index is 508. The highest BCUT2D eigenvalue weighted by Gasteiger charge is 2.15. The monoisotopic (exact) mass is 318 g/mol. The molecule has 1 aromatic carbocycles. The van der Waals surface area contributed by atoms with Gasteiger partial charge in [0.05, 0.1) is 22.5 Å². The van der Waals surface area contributed by atoms with Crippen molar-refractivity contribution in [3.05, 3.63) is 28.2 Å². The molecule has 7 heteroatoms. The van der Waals surface area contributed by atoms with Crippen LogP contribution < -0.4 is 5.32 Å². The summed E-state index contributed by atoms with van der Waals surface area (Å²) < 4.78 is 0. The Balaban J connectivity index is 2.50. The minimum Gasteiger partial charge on any atom is -0.481 e. The second kappa shape index (κ2) is 7.47. The van der Waals surface area contributed by atoms with Crippen molar-refractivity contribution < 1.29 is 14.7 Å². The van der Waals surface area contributed by atoms with Crippen molar-refractivity contribution in [3.8, 4) is 0 Å². The van der Waals surface area contributed by atoms with E-state index < -0.39 is 11.9 Å². The third-order valence-corrected chi connectivity index (χ3v) is 3.36. The molecular weight excluding hydrogens is 303 g/mol. The van der Waals surface area contributed by atoms with Gasteiger partial charge in [-0.3, -0.25) is 14.5 Å². The standard InChI is InChI=1S/C13H16Cl2N2O3/c1-8(13(19)20)6-17(2)7-12(18)16-9-3-4-10(14)11(15)5-9/h3-5,8H,6-7H2,1-2H3,(H,16,18)(H,19,20). The molecule has 1 rings (SSSR count). The summed E-state index contributed by atoms with van der Waals surface area (Å²) in [6.45, 7) is 1.98. The van der Waals surface area contributed by atoms with Gasteiger partial charge in [-0.1, -0.05) is 30.1 Å². The summed E-state index contributed by atoms with van der Waals surface area (Å²) in [5.74, 6) is -1.66. The summed E-state index contributed by atoms with van der Waals surface area (Å²) in [7, 11) is 1.69. The summed E-state index contributed by atoms with van der Waals surface area (Å²) in [5.41, 5.74) is 0.545. The second-order valence-corrected chi connectivity index (χ2v) is 5.43. The third kappa shape index (κ3) is 5.36. The van der Waals surface area contributed by atoms with E-state index in [1.54, 1.807) is 37.1 Å². The van der Waals surface area contributed by atoms with Gasteiger partial charge in [0.25, 0.3) is 0 Å². The van der Waals surface area contributed by atoms with Crippen LogP contribution >= 0.6 is 23.2 Å². The van der Waals surface area contributed by atoms with E-state index in [4.69, 9.17) is 28.3 Å². The molecule has 2 N–H and O–H groups in total. The van der Waals surface area contributed by atoms with Crippen molar-refractivity contribution in [2.45, 2.75) is 6.92 Å². The molecule has 0 aliphatic rings. The second-order valence-electron chi connectivity index (χ2n) is 4.61. The maximum atomic E-state index is 11.8. The number of anilines is 1. The third-order valence-electron chi connectivity index (χ3n) is 2.62. The van der Waals surface area contributed by atoms with Crippen molar-refractivity contribution in [1.29, 1.82) is 0 Å². The molecule has 1 unspecified atom stereocenters. The van der Waals surface area contributed by atoms with Crippen LogP contribution in [0.25, 0.3) is 0 Å². The van der Waals surface area contributed by atoms with E-state index in [1.807, 2.05) is 0 Å². The van der Waals surface area contributed by atoms with Gasteiger partial charge < -0.3 is 10.4 Å². The van der Waals surface area contributed by atoms with E-state index in [1.165, 1.54) is 0 Å². The molecule has 1 atom stereocenters. The fourth-order valence-corrected chi connectivity index (χ4v) is 1.93. The van der Waals surface area contributed by atoms with Crippen molar-refractivity contribution in [1.82, 2.24) is 4.90 Å². The van der Waals surface area contributed by atoms with Crippen molar-refractivity contribution in [2.75, 3.05) is 25.5 Å². The first-order valence-electron chi connectivity index (χ1n) is 5.96. The highest BCUT2D eigenvalue weighted by Crippen LogP contribution is 2.24. The number of nitrogens with one attached hydrogen (secondary N) is 1. The topological polar surface area (TPSA) is 69.6 Å². The zero-order chi connectivity index (χ0) is 15.3. The summed E-state index contributed by atoms with van der Waals surface area (Å²) in [6, 6.07) is 4.80. The molecule has 0 radical (unpaired) electrons. The average Bonchev–Trinajstić information content (AvgIpc) is 2.33. The van der Waals surface area contributed by atoms with Crippen LogP contribution in [0.3, 0.4) is 0 Å². The number of carbonyl (C=O) groups excluding carboxylic acids is 1. The molecule has 20 heavy (non-hydrogen) atoms. The Hall–Kier alpha value is -1.30. The maximum absolute atomic E-state index is 11.8. The first-order chi connectivity index (χ1) is 9.29. The summed E-state index contributed by atoms with van der Waals surface area (Å²) >= 11 is 11.6. The van der Waals surface area contributed by atoms with E-state index in [2.05, 4.69) is 5.32 Å². The smallest absolute Gasteiger partial charge is 0.307 e. The van der Waals surface area contributed by atoms with E-state index in [-0.39, 0.29) is 12.5 Å². The van der Waals surface area contributed by atoms with Crippen LogP contribution in [0.4, 0.5) is 5.69 Å². The van der Waals surface area contributed by atoms with Gasteiger partial charge in [0, 0.05) is 12.2 Å². The number of hydrogen-bond donors (Lipinski definition) is 2. The quantitative estimate of drug-likeness (QED) is 0.845. The van der Waals surface area contributed by atoms with Crippen LogP contribution in [0.5, 0.6) is 0 Å². The highest BCUT2D eigenvalue weighted by molar-refractivity contribution is 6.42. The van der Waals surface area contributed by atoms with Gasteiger partial charge in [-0.25, -0.2) is 0 Å². The predicted molar refractivity (Wildman–Crippen MR) is 79.4 cm³/mol. The van der Waals surface area contributed by atoms with Gasteiger partial charge in [0.15, 0.2) is 0 Å². The summed E-state index contributed by atoms with van der Waals surface area (Å²) in [6.07, 6.45) is 0. The van der Waals surface area contributed by atoms with Crippen LogP contribution in [0, 0.1) is 5.92 Å². The zero-order valence-electron chi connectivity index (χ0n) is 11.2. The van der Waals surface area contributed by atoms with Crippen molar-refractivity contribution >= 4 is 40.8 Å². The van der Waals surface area contributed by atoms with E-state index in [9.17, 15) is 9.59 Å². The lowest BCUT2D eigenvalue weighted by atomic mass is 10.2. The molecule has 0 aliphatic heterocycles. The SMILES string of the molecule is CC(CN(C)CC(=O)Nc1ccc(Cl)c(Cl)c1)C(=O)O. The lowest BCUT2D eigenvalue weighted by molar-refractivity contribution is -0.141. The van der Waals surface area contributed by atoms with Crippen molar-refractivity contribution in [2.24, 2.45) is 5.92 Å². The molecule has 110 valence electrons. The number of aliphatic carboxylic acids is 1. The molecular formula is C13H16Cl2N2O3. The Kier molecular flexibility index (Phi) is 6.26. The number of carboxylic acids is 1. The Morgan fingerprint density at radius 2 is 2.00 bits per heavy atom. The molecule has 0 aromatic heterocycles. The van der Waals surface area contributed by atoms with Crippen LogP contribution in [-0.4, -0.2) is 42.0 Å². The molecule has 5 nitrogen and oxygen atoms in total. The fourth-order valence-electron chi connectivity index (χ4n) is 1.63. The zero-order valence-corrected chi connectivity index (χ0v) is 12.7. The number of halogens is 2. The molecule has 0 fully saturated rings. The Morgan fingerprint density at radius 1 is 1.35 bits per heavy atom. The average molecular weight is 319 g/mol. The molecule has 0 saturated heterocycles. The summed E-state index contributed by atoms with van der Waals surface area (Å²) in [5, 5.41) is 12.2. The molecule has 0 saturated carbocycles. The number of amides is 1. The first kappa shape index (κ1) is 16.8. The van der Waals surface area contributed by atoms with Crippen LogP contribution in [-0.2, 0) is 9.59 Å². The fraction of sp³-hybridized carbons (Fsp3) is 0.385. The molecule has 0 bridgehead atoms. The van der Waals surface area contributed by atoms with E-state index in [0.29, 0.717) is 22.3 Å². The number of benzene rings is 1. The maximum Gasteiger partial charge on any atom is 0.307 e. The Labute approximate surface area is 127 Å². The van der Waals surface area contributed by atoms with Gasteiger partial charge >= 0.3 is 5.97 Å². The number of carboxylic acid groups (broad SMARTS) is 1. The lowest BCUT2D eigenvalue weighted by Crippen LogP contribution is -2.35. The van der Waals surface area contributed by atoms with Gasteiger partial charge in [0.1, 0.15) is 0 Å². The number of rotatable bonds is 6. The van der Waals surface area contributed by atoms with E-state index in [0.717, 1.165) is 0 Å². The van der Waals surface area contributed by atoms with Gasteiger partial charge in [-0.15, -0.1) is 0 Å². The predicted octanol–water partition coefficient (Wildman–Crippen LogP) is 2.58. The molecule has 0 spiro atoms. The van der Waals surface area contributed by atoms with Crippen LogP contribution in [0.1, 0.15) is 6.92 Å². The molecule has 1 amide bonds. The van der Waals surface area contributed by atoms with Gasteiger partial charge in [-0.05, 0) is 25.2 Å². The molecule has 0 heterocycles.